The first-order valence-corrected chi connectivity index (χ1v) is 15.0. The van der Waals surface area contributed by atoms with Crippen LogP contribution in [0.1, 0.15) is 83.6 Å². The van der Waals surface area contributed by atoms with Crippen molar-refractivity contribution in [3.8, 4) is 16.9 Å². The maximum atomic E-state index is 15.1. The molecule has 0 radical (unpaired) electrons. The largest absolute Gasteiger partial charge is 0.432 e. The van der Waals surface area contributed by atoms with Crippen LogP contribution in [0.15, 0.2) is 30.3 Å². The summed E-state index contributed by atoms with van der Waals surface area (Å²) in [5.74, 6) is -5.39. The summed E-state index contributed by atoms with van der Waals surface area (Å²) in [6, 6.07) is 1.94. The van der Waals surface area contributed by atoms with Crippen molar-refractivity contribution >= 4 is 6.08 Å². The second kappa shape index (κ2) is 13.6. The molecule has 1 unspecified atom stereocenters. The number of hydrogen-bond donors (Lipinski definition) is 0. The smallest absolute Gasteiger partial charge is 0.409 e. The predicted octanol–water partition coefficient (Wildman–Crippen LogP) is 11.5. The Morgan fingerprint density at radius 1 is 0.767 bits per heavy atom. The lowest BCUT2D eigenvalue weighted by Crippen LogP contribution is -2.38. The molecule has 2 fully saturated rings. The van der Waals surface area contributed by atoms with Crippen LogP contribution in [0.2, 0.25) is 0 Å². The van der Waals surface area contributed by atoms with Gasteiger partial charge in [0.05, 0.1) is 11.5 Å². The minimum atomic E-state index is -4.83. The Labute approximate surface area is 246 Å². The summed E-state index contributed by atoms with van der Waals surface area (Å²) in [5.41, 5.74) is -2.63. The maximum absolute atomic E-state index is 15.1. The summed E-state index contributed by atoms with van der Waals surface area (Å²) < 4.78 is 131. The summed E-state index contributed by atoms with van der Waals surface area (Å²) in [5, 5.41) is 0. The molecular weight excluding hydrogens is 583 g/mol. The van der Waals surface area contributed by atoms with Crippen LogP contribution in [0.4, 0.5) is 39.5 Å². The number of rotatable bonds is 9. The van der Waals surface area contributed by atoms with E-state index in [1.54, 1.807) is 0 Å². The Kier molecular flexibility index (Phi) is 10.5. The molecule has 1 nitrogen and oxygen atoms in total. The summed E-state index contributed by atoms with van der Waals surface area (Å²) in [4.78, 5) is 0. The number of halogens is 9. The quantitative estimate of drug-likeness (QED) is 0.254. The molecule has 10 heteroatoms. The van der Waals surface area contributed by atoms with Crippen LogP contribution in [0.25, 0.3) is 17.2 Å². The van der Waals surface area contributed by atoms with Gasteiger partial charge < -0.3 is 4.74 Å². The topological polar surface area (TPSA) is 9.23 Å². The molecule has 2 aromatic carbocycles. The third kappa shape index (κ3) is 8.29. The molecule has 0 aromatic heterocycles. The lowest BCUT2D eigenvalue weighted by molar-refractivity contribution is -0.224. The first-order valence-electron chi connectivity index (χ1n) is 15.0. The maximum Gasteiger partial charge on any atom is 0.409 e. The van der Waals surface area contributed by atoms with Crippen LogP contribution >= 0.6 is 0 Å². The Bertz CT molecular complexity index is 1220. The molecule has 0 spiro atoms. The monoisotopic (exact) mass is 620 g/mol. The van der Waals surface area contributed by atoms with Crippen molar-refractivity contribution in [2.24, 2.45) is 29.6 Å². The van der Waals surface area contributed by atoms with Gasteiger partial charge in [0.1, 0.15) is 29.0 Å². The third-order valence-electron chi connectivity index (χ3n) is 9.36. The van der Waals surface area contributed by atoms with Crippen molar-refractivity contribution in [2.45, 2.75) is 90.3 Å². The van der Waals surface area contributed by atoms with Crippen LogP contribution in [-0.2, 0) is 0 Å². The number of benzene rings is 2. The van der Waals surface area contributed by atoms with E-state index in [4.69, 9.17) is 4.74 Å². The summed E-state index contributed by atoms with van der Waals surface area (Å²) >= 11 is 0. The van der Waals surface area contributed by atoms with Gasteiger partial charge in [-0.25, -0.2) is 17.6 Å². The highest BCUT2D eigenvalue weighted by Gasteiger charge is 2.45. The van der Waals surface area contributed by atoms with Gasteiger partial charge in [0, 0.05) is 23.8 Å². The van der Waals surface area contributed by atoms with Gasteiger partial charge in [-0.05, 0) is 98.8 Å². The van der Waals surface area contributed by atoms with Crippen LogP contribution in [0.3, 0.4) is 0 Å². The van der Waals surface area contributed by atoms with Crippen molar-refractivity contribution in [1.82, 2.24) is 0 Å². The second-order valence-electron chi connectivity index (χ2n) is 12.2. The van der Waals surface area contributed by atoms with Crippen molar-refractivity contribution < 1.29 is 44.3 Å². The van der Waals surface area contributed by atoms with Gasteiger partial charge >= 0.3 is 12.3 Å². The van der Waals surface area contributed by atoms with Crippen molar-refractivity contribution in [2.75, 3.05) is 0 Å². The van der Waals surface area contributed by atoms with Gasteiger partial charge in [0.25, 0.3) is 0 Å². The number of hydrogen-bond acceptors (Lipinski definition) is 1. The van der Waals surface area contributed by atoms with E-state index in [1.807, 2.05) is 0 Å². The zero-order chi connectivity index (χ0) is 31.5. The number of ether oxygens (including phenoxy) is 1. The lowest BCUT2D eigenvalue weighted by Gasteiger charge is -2.40. The minimum Gasteiger partial charge on any atom is -0.432 e. The Balaban J connectivity index is 1.39. The first kappa shape index (κ1) is 33.2. The SMILES string of the molecule is CCCC(C)C1CCC(C2CCC(C(F)(F)Oc3cc(F)c(-c4cc(F)c(/C=C/C(F)(F)F)c(F)c4)c(F)c3)CC2)CC1. The Morgan fingerprint density at radius 3 is 1.77 bits per heavy atom. The summed E-state index contributed by atoms with van der Waals surface area (Å²) in [7, 11) is 0. The van der Waals surface area contributed by atoms with E-state index in [-0.39, 0.29) is 25.0 Å². The van der Waals surface area contributed by atoms with Crippen LogP contribution in [0, 0.1) is 52.9 Å². The van der Waals surface area contributed by atoms with Gasteiger partial charge in [-0.15, -0.1) is 0 Å². The van der Waals surface area contributed by atoms with Crippen molar-refractivity contribution in [3.63, 3.8) is 0 Å². The highest BCUT2D eigenvalue weighted by Crippen LogP contribution is 2.47. The fraction of sp³-hybridized carbons (Fsp3) is 0.576. The van der Waals surface area contributed by atoms with Gasteiger partial charge in [-0.2, -0.15) is 22.0 Å². The molecule has 0 bridgehead atoms. The fourth-order valence-electron chi connectivity index (χ4n) is 6.99. The molecule has 0 N–H and O–H groups in total. The normalized spacial score (nSPS) is 24.3. The van der Waals surface area contributed by atoms with E-state index in [2.05, 4.69) is 13.8 Å². The molecule has 2 saturated carbocycles. The molecule has 4 rings (SSSR count). The van der Waals surface area contributed by atoms with E-state index < -0.39 is 63.9 Å². The first-order chi connectivity index (χ1) is 20.2. The highest BCUT2D eigenvalue weighted by molar-refractivity contribution is 5.68. The predicted molar refractivity (Wildman–Crippen MR) is 147 cm³/mol. The van der Waals surface area contributed by atoms with Crippen LogP contribution in [-0.4, -0.2) is 12.3 Å². The van der Waals surface area contributed by atoms with Gasteiger partial charge in [0.15, 0.2) is 0 Å². The van der Waals surface area contributed by atoms with E-state index in [9.17, 15) is 30.7 Å². The Hall–Kier alpha value is -2.65. The van der Waals surface area contributed by atoms with E-state index in [0.29, 0.717) is 54.9 Å². The molecular formula is C33H37F9O. The fourth-order valence-corrected chi connectivity index (χ4v) is 6.99. The zero-order valence-corrected chi connectivity index (χ0v) is 24.2. The second-order valence-corrected chi connectivity index (χ2v) is 12.2. The molecule has 238 valence electrons. The third-order valence-corrected chi connectivity index (χ3v) is 9.36. The zero-order valence-electron chi connectivity index (χ0n) is 24.2. The standard InChI is InChI=1S/C33H37F9O/c1-3-4-19(2)20-5-7-21(8-6-20)22-9-11-24(12-10-22)33(41,42)43-25-17-29(36)31(30(37)18-25)23-15-27(34)26(28(35)16-23)13-14-32(38,39)40/h13-22,24H,3-12H2,1-2H3/b14-13+. The average Bonchev–Trinajstić information content (AvgIpc) is 2.92. The van der Waals surface area contributed by atoms with E-state index in [1.165, 1.54) is 25.7 Å². The van der Waals surface area contributed by atoms with Gasteiger partial charge in [-0.3, -0.25) is 0 Å². The average molecular weight is 621 g/mol. The summed E-state index contributed by atoms with van der Waals surface area (Å²) in [6.07, 6.45) is -0.0416. The van der Waals surface area contributed by atoms with Gasteiger partial charge in [-0.1, -0.05) is 26.7 Å². The minimum absolute atomic E-state index is 0.160. The molecule has 0 heterocycles. The summed E-state index contributed by atoms with van der Waals surface area (Å²) in [6.45, 7) is 4.51. The highest BCUT2D eigenvalue weighted by atomic mass is 19.4. The molecule has 2 aliphatic carbocycles. The number of alkyl halides is 5. The van der Waals surface area contributed by atoms with Gasteiger partial charge in [0.2, 0.25) is 0 Å². The van der Waals surface area contributed by atoms with E-state index >= 15 is 8.78 Å². The molecule has 0 aliphatic heterocycles. The van der Waals surface area contributed by atoms with Crippen molar-refractivity contribution in [3.05, 3.63) is 59.2 Å². The molecule has 2 aliphatic rings. The van der Waals surface area contributed by atoms with E-state index in [0.717, 1.165) is 18.8 Å². The molecule has 43 heavy (non-hydrogen) atoms. The van der Waals surface area contributed by atoms with Crippen molar-refractivity contribution in [1.29, 1.82) is 0 Å². The molecule has 1 atom stereocenters. The van der Waals surface area contributed by atoms with Crippen LogP contribution < -0.4 is 4.74 Å². The molecule has 0 amide bonds. The number of allylic oxidation sites excluding steroid dienone is 1. The molecule has 2 aromatic rings. The lowest BCUT2D eigenvalue weighted by atomic mass is 9.67. The Morgan fingerprint density at radius 2 is 1.28 bits per heavy atom. The molecule has 0 saturated heterocycles. The van der Waals surface area contributed by atoms with Crippen LogP contribution in [0.5, 0.6) is 5.75 Å².